The summed E-state index contributed by atoms with van der Waals surface area (Å²) in [7, 11) is 0. The SMILES string of the molecule is CCN(CCN1CCOCC1)c1ncc(F)c(N2CCCC2)n1. The van der Waals surface area contributed by atoms with Crippen molar-refractivity contribution in [2.75, 3.05) is 68.8 Å². The van der Waals surface area contributed by atoms with E-state index in [1.165, 1.54) is 6.20 Å². The Labute approximate surface area is 137 Å². The second-order valence-corrected chi connectivity index (χ2v) is 6.07. The summed E-state index contributed by atoms with van der Waals surface area (Å²) in [6.45, 7) is 10.0. The molecule has 23 heavy (non-hydrogen) atoms. The van der Waals surface area contributed by atoms with Gasteiger partial charge in [0.15, 0.2) is 11.6 Å². The minimum absolute atomic E-state index is 0.320. The van der Waals surface area contributed by atoms with Gasteiger partial charge in [-0.05, 0) is 19.8 Å². The summed E-state index contributed by atoms with van der Waals surface area (Å²) in [5.74, 6) is 0.765. The molecule has 3 heterocycles. The maximum atomic E-state index is 14.1. The summed E-state index contributed by atoms with van der Waals surface area (Å²) in [6, 6.07) is 0. The zero-order valence-corrected chi connectivity index (χ0v) is 13.9. The fourth-order valence-corrected chi connectivity index (χ4v) is 3.14. The monoisotopic (exact) mass is 323 g/mol. The summed E-state index contributed by atoms with van der Waals surface area (Å²) in [6.07, 6.45) is 3.52. The number of aromatic nitrogens is 2. The highest BCUT2D eigenvalue weighted by Crippen LogP contribution is 2.23. The van der Waals surface area contributed by atoms with Gasteiger partial charge in [-0.3, -0.25) is 4.90 Å². The number of hydrogen-bond acceptors (Lipinski definition) is 6. The Morgan fingerprint density at radius 3 is 2.65 bits per heavy atom. The lowest BCUT2D eigenvalue weighted by atomic mass is 10.4. The lowest BCUT2D eigenvalue weighted by Crippen LogP contribution is -2.42. The Morgan fingerprint density at radius 1 is 1.22 bits per heavy atom. The fraction of sp³-hybridized carbons (Fsp3) is 0.750. The second-order valence-electron chi connectivity index (χ2n) is 6.07. The van der Waals surface area contributed by atoms with Gasteiger partial charge in [-0.1, -0.05) is 0 Å². The fourth-order valence-electron chi connectivity index (χ4n) is 3.14. The van der Waals surface area contributed by atoms with Gasteiger partial charge in [-0.15, -0.1) is 0 Å². The molecule has 0 unspecified atom stereocenters. The number of likely N-dealkylation sites (N-methyl/N-ethyl adjacent to an activating group) is 1. The van der Waals surface area contributed by atoms with Gasteiger partial charge < -0.3 is 14.5 Å². The molecule has 1 aromatic heterocycles. The van der Waals surface area contributed by atoms with Gasteiger partial charge in [0.1, 0.15) is 0 Å². The largest absolute Gasteiger partial charge is 0.379 e. The molecule has 2 aliphatic heterocycles. The highest BCUT2D eigenvalue weighted by Gasteiger charge is 2.20. The zero-order chi connectivity index (χ0) is 16.1. The second kappa shape index (κ2) is 7.88. The molecule has 2 saturated heterocycles. The Bertz CT molecular complexity index is 503. The van der Waals surface area contributed by atoms with Crippen LogP contribution in [0.2, 0.25) is 0 Å². The molecule has 7 heteroatoms. The molecular formula is C16H26FN5O. The van der Waals surface area contributed by atoms with Crippen molar-refractivity contribution in [3.8, 4) is 0 Å². The first kappa shape index (κ1) is 16.4. The van der Waals surface area contributed by atoms with Crippen LogP contribution in [0.3, 0.4) is 0 Å². The van der Waals surface area contributed by atoms with E-state index < -0.39 is 0 Å². The highest BCUT2D eigenvalue weighted by molar-refractivity contribution is 5.45. The summed E-state index contributed by atoms with van der Waals surface area (Å²) in [4.78, 5) is 15.3. The first-order chi connectivity index (χ1) is 11.3. The third kappa shape index (κ3) is 4.09. The molecule has 0 N–H and O–H groups in total. The topological polar surface area (TPSA) is 44.7 Å². The van der Waals surface area contributed by atoms with E-state index >= 15 is 0 Å². The summed E-state index contributed by atoms with van der Waals surface area (Å²) >= 11 is 0. The van der Waals surface area contributed by atoms with E-state index in [2.05, 4.69) is 26.7 Å². The Hall–Kier alpha value is -1.47. The lowest BCUT2D eigenvalue weighted by molar-refractivity contribution is 0.0391. The summed E-state index contributed by atoms with van der Waals surface area (Å²) in [5, 5.41) is 0. The van der Waals surface area contributed by atoms with Crippen LogP contribution in [0.1, 0.15) is 19.8 Å². The molecule has 3 rings (SSSR count). The van der Waals surface area contributed by atoms with Crippen LogP contribution in [0.25, 0.3) is 0 Å². The molecule has 0 bridgehead atoms. The molecule has 0 amide bonds. The van der Waals surface area contributed by atoms with Crippen LogP contribution >= 0.6 is 0 Å². The van der Waals surface area contributed by atoms with E-state index in [4.69, 9.17) is 4.74 Å². The third-order valence-corrected chi connectivity index (χ3v) is 4.57. The predicted octanol–water partition coefficient (Wildman–Crippen LogP) is 1.37. The number of hydrogen-bond donors (Lipinski definition) is 0. The van der Waals surface area contributed by atoms with E-state index in [0.29, 0.717) is 11.8 Å². The van der Waals surface area contributed by atoms with Crippen molar-refractivity contribution >= 4 is 11.8 Å². The first-order valence-electron chi connectivity index (χ1n) is 8.60. The molecular weight excluding hydrogens is 297 g/mol. The number of rotatable bonds is 6. The van der Waals surface area contributed by atoms with Gasteiger partial charge in [0.2, 0.25) is 5.95 Å². The molecule has 0 saturated carbocycles. The van der Waals surface area contributed by atoms with Gasteiger partial charge >= 0.3 is 0 Å². The molecule has 2 fully saturated rings. The standard InChI is InChI=1S/C16H26FN5O/c1-2-21(8-7-20-9-11-23-12-10-20)16-18-13-14(17)15(19-16)22-5-3-4-6-22/h13H,2-12H2,1H3. The zero-order valence-electron chi connectivity index (χ0n) is 13.9. The van der Waals surface area contributed by atoms with Crippen LogP contribution in [-0.4, -0.2) is 73.9 Å². The minimum atomic E-state index is -0.320. The smallest absolute Gasteiger partial charge is 0.227 e. The number of ether oxygens (including phenoxy) is 1. The number of anilines is 2. The van der Waals surface area contributed by atoms with Gasteiger partial charge in [0.05, 0.1) is 19.4 Å². The average Bonchev–Trinajstić information content (AvgIpc) is 3.12. The molecule has 6 nitrogen and oxygen atoms in total. The van der Waals surface area contributed by atoms with Crippen LogP contribution in [0.5, 0.6) is 0 Å². The molecule has 128 valence electrons. The first-order valence-corrected chi connectivity index (χ1v) is 8.60. The van der Waals surface area contributed by atoms with Gasteiger partial charge in [0, 0.05) is 45.8 Å². The molecule has 0 radical (unpaired) electrons. The van der Waals surface area contributed by atoms with Crippen LogP contribution in [0.15, 0.2) is 6.20 Å². The van der Waals surface area contributed by atoms with Crippen molar-refractivity contribution in [2.24, 2.45) is 0 Å². The van der Waals surface area contributed by atoms with Crippen molar-refractivity contribution in [1.29, 1.82) is 0 Å². The van der Waals surface area contributed by atoms with Crippen molar-refractivity contribution in [1.82, 2.24) is 14.9 Å². The third-order valence-electron chi connectivity index (χ3n) is 4.57. The van der Waals surface area contributed by atoms with Crippen molar-refractivity contribution in [3.05, 3.63) is 12.0 Å². The minimum Gasteiger partial charge on any atom is -0.379 e. The Kier molecular flexibility index (Phi) is 5.61. The van der Waals surface area contributed by atoms with Crippen LogP contribution in [-0.2, 0) is 4.74 Å². The van der Waals surface area contributed by atoms with Gasteiger partial charge in [-0.25, -0.2) is 9.37 Å². The Balaban J connectivity index is 1.66. The van der Waals surface area contributed by atoms with E-state index in [-0.39, 0.29) is 5.82 Å². The normalized spacial score (nSPS) is 19.3. The molecule has 1 aromatic rings. The van der Waals surface area contributed by atoms with Gasteiger partial charge in [-0.2, -0.15) is 4.98 Å². The van der Waals surface area contributed by atoms with Crippen molar-refractivity contribution in [3.63, 3.8) is 0 Å². The molecule has 0 atom stereocenters. The molecule has 0 aliphatic carbocycles. The maximum absolute atomic E-state index is 14.1. The summed E-state index contributed by atoms with van der Waals surface area (Å²) in [5.41, 5.74) is 0. The van der Waals surface area contributed by atoms with E-state index in [0.717, 1.165) is 71.9 Å². The highest BCUT2D eigenvalue weighted by atomic mass is 19.1. The number of morpholine rings is 1. The Morgan fingerprint density at radius 2 is 1.96 bits per heavy atom. The van der Waals surface area contributed by atoms with E-state index in [9.17, 15) is 4.39 Å². The molecule has 0 spiro atoms. The van der Waals surface area contributed by atoms with E-state index in [1.54, 1.807) is 0 Å². The van der Waals surface area contributed by atoms with Gasteiger partial charge in [0.25, 0.3) is 0 Å². The van der Waals surface area contributed by atoms with E-state index in [1.807, 2.05) is 4.90 Å². The van der Waals surface area contributed by atoms with Crippen LogP contribution in [0, 0.1) is 5.82 Å². The van der Waals surface area contributed by atoms with Crippen LogP contribution < -0.4 is 9.80 Å². The van der Waals surface area contributed by atoms with Crippen molar-refractivity contribution < 1.29 is 9.13 Å². The average molecular weight is 323 g/mol. The lowest BCUT2D eigenvalue weighted by Gasteiger charge is -2.30. The molecule has 0 aromatic carbocycles. The van der Waals surface area contributed by atoms with Crippen LogP contribution in [0.4, 0.5) is 16.2 Å². The molecule has 2 aliphatic rings. The number of halogens is 1. The summed E-state index contributed by atoms with van der Waals surface area (Å²) < 4.78 is 19.4. The maximum Gasteiger partial charge on any atom is 0.227 e. The quantitative estimate of drug-likeness (QED) is 0.788. The number of nitrogens with zero attached hydrogens (tertiary/aromatic N) is 5. The van der Waals surface area contributed by atoms with Crippen molar-refractivity contribution in [2.45, 2.75) is 19.8 Å². The predicted molar refractivity (Wildman–Crippen MR) is 88.6 cm³/mol.